The Balaban J connectivity index is 2.01. The number of carbonyl (C=O) groups excluding carboxylic acids is 2. The van der Waals surface area contributed by atoms with E-state index >= 15 is 0 Å². The lowest BCUT2D eigenvalue weighted by Gasteiger charge is -2.45. The summed E-state index contributed by atoms with van der Waals surface area (Å²) in [6, 6.07) is 8.56. The van der Waals surface area contributed by atoms with Crippen molar-refractivity contribution in [1.82, 2.24) is 19.8 Å². The molecule has 4 rings (SSSR count). The fourth-order valence-electron chi connectivity index (χ4n) is 5.76. The molecule has 2 atom stereocenters. The lowest BCUT2D eigenvalue weighted by molar-refractivity contribution is -0.130. The van der Waals surface area contributed by atoms with Crippen LogP contribution in [0.25, 0.3) is 11.3 Å². The topological polar surface area (TPSA) is 102 Å². The van der Waals surface area contributed by atoms with Gasteiger partial charge in [0.05, 0.1) is 22.6 Å². The second-order valence-corrected chi connectivity index (χ2v) is 12.1. The first kappa shape index (κ1) is 32.8. The van der Waals surface area contributed by atoms with Crippen LogP contribution in [0, 0.1) is 6.92 Å². The summed E-state index contributed by atoms with van der Waals surface area (Å²) in [7, 11) is 8.07. The van der Waals surface area contributed by atoms with Crippen molar-refractivity contribution in [2.45, 2.75) is 57.5 Å². The number of benzene rings is 1. The molecule has 3 aromatic rings. The van der Waals surface area contributed by atoms with Crippen LogP contribution in [0.4, 0.5) is 11.5 Å². The average Bonchev–Trinajstić information content (AvgIpc) is 3.00. The highest BCUT2D eigenvalue weighted by molar-refractivity contribution is 7.98. The van der Waals surface area contributed by atoms with Gasteiger partial charge in [0.15, 0.2) is 5.82 Å². The van der Waals surface area contributed by atoms with Gasteiger partial charge < -0.3 is 14.9 Å². The predicted molar refractivity (Wildman–Crippen MR) is 180 cm³/mol. The molecular formula is C33H39BN6O3S. The molecule has 1 aliphatic heterocycles. The van der Waals surface area contributed by atoms with E-state index in [4.69, 9.17) is 17.8 Å². The number of rotatable bonds is 8. The van der Waals surface area contributed by atoms with Gasteiger partial charge in [0, 0.05) is 48.9 Å². The summed E-state index contributed by atoms with van der Waals surface area (Å²) in [6.07, 6.45) is 5.79. The number of anilines is 2. The molecule has 0 bridgehead atoms. The number of hydrogen-bond acceptors (Lipinski definition) is 7. The van der Waals surface area contributed by atoms with Crippen molar-refractivity contribution in [3.63, 3.8) is 0 Å². The van der Waals surface area contributed by atoms with E-state index in [1.54, 1.807) is 31.4 Å². The molecular weight excluding hydrogens is 571 g/mol. The fraction of sp³-hybridized carbons (Fsp3) is 0.364. The lowest BCUT2D eigenvalue weighted by atomic mass is 9.87. The van der Waals surface area contributed by atoms with Crippen LogP contribution in [0.3, 0.4) is 0 Å². The van der Waals surface area contributed by atoms with Gasteiger partial charge in [-0.15, -0.1) is 11.8 Å². The highest BCUT2D eigenvalue weighted by Gasteiger charge is 2.35. The second kappa shape index (κ2) is 13.7. The van der Waals surface area contributed by atoms with Crippen molar-refractivity contribution >= 4 is 54.7 Å². The molecule has 44 heavy (non-hydrogen) atoms. The number of phenolic OH excluding ortho intramolecular Hbond substituents is 1. The number of nitrogens with zero attached hydrogens (tertiary/aromatic N) is 6. The Hall–Kier alpha value is -4.12. The first-order valence-electron chi connectivity index (χ1n) is 14.5. The van der Waals surface area contributed by atoms with Crippen molar-refractivity contribution in [2.24, 2.45) is 4.99 Å². The monoisotopic (exact) mass is 610 g/mol. The number of amides is 2. The van der Waals surface area contributed by atoms with E-state index in [-0.39, 0.29) is 29.7 Å². The van der Waals surface area contributed by atoms with Crippen LogP contribution in [0.5, 0.6) is 5.75 Å². The minimum Gasteiger partial charge on any atom is -0.507 e. The normalized spacial score (nSPS) is 17.1. The average molecular weight is 611 g/mol. The second-order valence-electron chi connectivity index (χ2n) is 11.2. The molecule has 2 amide bonds. The Kier molecular flexibility index (Phi) is 10.2. The van der Waals surface area contributed by atoms with Crippen molar-refractivity contribution in [2.75, 3.05) is 31.3 Å². The molecule has 11 heteroatoms. The standard InChI is InChI=1S/C33H39BN6O3S/c1-9-27(43)38-16-22(6)39(17-21(38)5)32(35-7)23-15-20(4)30(28-24(34)11-10-12-25(28)42)37-33(23)40(18-41)31-26(44-8)13-14-36-29(31)19(2)3/h9-15,18-19,21-22,42H,1,16-17H2,2-8H3/t21-,22?/m1/s1. The van der Waals surface area contributed by atoms with E-state index in [9.17, 15) is 14.7 Å². The third-order valence-corrected chi connectivity index (χ3v) is 8.70. The summed E-state index contributed by atoms with van der Waals surface area (Å²) in [5.74, 6) is 0.845. The highest BCUT2D eigenvalue weighted by Crippen LogP contribution is 2.41. The zero-order chi connectivity index (χ0) is 32.3. The zero-order valence-corrected chi connectivity index (χ0v) is 27.2. The SMILES string of the molecule is [B]c1cccc(O)c1-c1nc(N(C=O)c2c(SC)ccnc2C(C)C)c(C(=NC)N2C[C@@H](C)N(C(=O)C=C)CC2C)cc1C. The molecule has 9 nitrogen and oxygen atoms in total. The Bertz CT molecular complexity index is 1590. The Morgan fingerprint density at radius 2 is 1.91 bits per heavy atom. The van der Waals surface area contributed by atoms with Crippen molar-refractivity contribution in [3.05, 3.63) is 66.0 Å². The number of hydrogen-bond donors (Lipinski definition) is 1. The summed E-state index contributed by atoms with van der Waals surface area (Å²) in [5.41, 5.74) is 3.95. The number of aryl methyl sites for hydroxylation is 1. The van der Waals surface area contributed by atoms with Gasteiger partial charge in [0.25, 0.3) is 0 Å². The van der Waals surface area contributed by atoms with Gasteiger partial charge >= 0.3 is 0 Å². The largest absolute Gasteiger partial charge is 0.507 e. The number of thioether (sulfide) groups is 1. The minimum atomic E-state index is -0.115. The summed E-state index contributed by atoms with van der Waals surface area (Å²) in [6.45, 7) is 14.6. The third-order valence-electron chi connectivity index (χ3n) is 7.93. The van der Waals surface area contributed by atoms with Gasteiger partial charge in [0.1, 0.15) is 19.4 Å². The molecule has 1 unspecified atom stereocenters. The molecule has 0 aliphatic carbocycles. The maximum absolute atomic E-state index is 13.2. The van der Waals surface area contributed by atoms with E-state index in [1.165, 1.54) is 22.7 Å². The molecule has 2 radical (unpaired) electrons. The molecule has 3 heterocycles. The van der Waals surface area contributed by atoms with Crippen molar-refractivity contribution < 1.29 is 14.7 Å². The fourth-order valence-corrected chi connectivity index (χ4v) is 6.35. The molecule has 1 N–H and O–H groups in total. The number of amidine groups is 1. The zero-order valence-electron chi connectivity index (χ0n) is 26.4. The van der Waals surface area contributed by atoms with Gasteiger partial charge in [-0.3, -0.25) is 24.5 Å². The molecule has 0 spiro atoms. The molecule has 2 aromatic heterocycles. The summed E-state index contributed by atoms with van der Waals surface area (Å²) in [5, 5.41) is 10.9. The Morgan fingerprint density at radius 1 is 1.23 bits per heavy atom. The number of phenols is 1. The molecule has 1 aromatic carbocycles. The van der Waals surface area contributed by atoms with Gasteiger partial charge in [-0.1, -0.05) is 38.0 Å². The Labute approximate surface area is 265 Å². The van der Waals surface area contributed by atoms with Crippen LogP contribution < -0.4 is 10.4 Å². The quantitative estimate of drug-likeness (QED) is 0.0996. The number of aromatic nitrogens is 2. The number of carbonyl (C=O) groups is 2. The van der Waals surface area contributed by atoms with Gasteiger partial charge in [-0.05, 0) is 62.8 Å². The van der Waals surface area contributed by atoms with Crippen LogP contribution in [0.2, 0.25) is 0 Å². The van der Waals surface area contributed by atoms with Crippen molar-refractivity contribution in [3.8, 4) is 17.0 Å². The minimum absolute atomic E-state index is 0.0115. The predicted octanol–water partition coefficient (Wildman–Crippen LogP) is 4.57. The highest BCUT2D eigenvalue weighted by atomic mass is 32.2. The van der Waals surface area contributed by atoms with Gasteiger partial charge in [-0.2, -0.15) is 0 Å². The first-order chi connectivity index (χ1) is 21.0. The number of aromatic hydroxyl groups is 1. The Morgan fingerprint density at radius 3 is 2.50 bits per heavy atom. The molecule has 1 saturated heterocycles. The van der Waals surface area contributed by atoms with Gasteiger partial charge in [0.2, 0.25) is 12.3 Å². The van der Waals surface area contributed by atoms with Crippen LogP contribution in [-0.4, -0.2) is 89.4 Å². The third kappa shape index (κ3) is 6.10. The van der Waals surface area contributed by atoms with E-state index in [1.807, 2.05) is 57.9 Å². The molecule has 0 saturated carbocycles. The first-order valence-corrected chi connectivity index (χ1v) is 15.7. The maximum Gasteiger partial charge on any atom is 0.246 e. The summed E-state index contributed by atoms with van der Waals surface area (Å²) < 4.78 is 0. The van der Waals surface area contributed by atoms with Crippen LogP contribution in [0.15, 0.2) is 59.1 Å². The number of pyridine rings is 2. The van der Waals surface area contributed by atoms with Crippen LogP contribution in [0.1, 0.15) is 50.4 Å². The van der Waals surface area contributed by atoms with Crippen LogP contribution in [-0.2, 0) is 9.59 Å². The van der Waals surface area contributed by atoms with Gasteiger partial charge in [-0.25, -0.2) is 4.98 Å². The maximum atomic E-state index is 13.2. The van der Waals surface area contributed by atoms with E-state index < -0.39 is 0 Å². The van der Waals surface area contributed by atoms with Crippen LogP contribution >= 0.6 is 11.8 Å². The summed E-state index contributed by atoms with van der Waals surface area (Å²) in [4.78, 5) is 46.6. The van der Waals surface area contributed by atoms with E-state index in [0.29, 0.717) is 52.7 Å². The smallest absolute Gasteiger partial charge is 0.246 e. The van der Waals surface area contributed by atoms with Crippen molar-refractivity contribution in [1.29, 1.82) is 0 Å². The summed E-state index contributed by atoms with van der Waals surface area (Å²) >= 11 is 1.51. The molecule has 1 fully saturated rings. The number of aliphatic imine (C=N–C) groups is 1. The lowest BCUT2D eigenvalue weighted by Crippen LogP contribution is -2.59. The molecule has 1 aliphatic rings. The molecule has 228 valence electrons. The van der Waals surface area contributed by atoms with E-state index in [0.717, 1.165) is 22.6 Å². The van der Waals surface area contributed by atoms with E-state index in [2.05, 4.69) is 16.5 Å². The number of piperazine rings is 1.